The number of anilines is 1. The van der Waals surface area contributed by atoms with Crippen molar-refractivity contribution < 1.29 is 18.0 Å². The summed E-state index contributed by atoms with van der Waals surface area (Å²) in [7, 11) is 0. The van der Waals surface area contributed by atoms with Gasteiger partial charge in [0.1, 0.15) is 0 Å². The fraction of sp³-hybridized carbons (Fsp3) is 0. The van der Waals surface area contributed by atoms with Crippen LogP contribution >= 0.6 is 15.9 Å². The van der Waals surface area contributed by atoms with Crippen LogP contribution in [0.2, 0.25) is 0 Å². The summed E-state index contributed by atoms with van der Waals surface area (Å²) >= 11 is 3.22. The van der Waals surface area contributed by atoms with Crippen molar-refractivity contribution >= 4 is 27.5 Å². The molecule has 0 bridgehead atoms. The predicted molar refractivity (Wildman–Crippen MR) is 68.4 cm³/mol. The molecule has 0 radical (unpaired) electrons. The van der Waals surface area contributed by atoms with Crippen molar-refractivity contribution in [3.05, 3.63) is 63.9 Å². The van der Waals surface area contributed by atoms with Gasteiger partial charge in [-0.05, 0) is 30.3 Å². The Kier molecular flexibility index (Phi) is 3.90. The SMILES string of the molecule is O=C(Nc1cccc(Br)c1)c1cc(F)c(F)c(F)c1. The third-order valence-corrected chi connectivity index (χ3v) is 2.82. The number of carbonyl (C=O) groups excluding carboxylic acids is 1. The number of benzene rings is 2. The van der Waals surface area contributed by atoms with E-state index < -0.39 is 23.4 Å². The molecule has 1 amide bonds. The quantitative estimate of drug-likeness (QED) is 0.825. The molecule has 2 nitrogen and oxygen atoms in total. The van der Waals surface area contributed by atoms with Crippen LogP contribution < -0.4 is 5.32 Å². The summed E-state index contributed by atoms with van der Waals surface area (Å²) in [6.45, 7) is 0. The highest BCUT2D eigenvalue weighted by Crippen LogP contribution is 2.18. The molecule has 0 aliphatic carbocycles. The van der Waals surface area contributed by atoms with Crippen LogP contribution in [0, 0.1) is 17.5 Å². The number of rotatable bonds is 2. The molecule has 19 heavy (non-hydrogen) atoms. The van der Waals surface area contributed by atoms with Crippen molar-refractivity contribution in [2.24, 2.45) is 0 Å². The first kappa shape index (κ1) is 13.6. The number of halogens is 4. The van der Waals surface area contributed by atoms with E-state index in [1.807, 2.05) is 0 Å². The van der Waals surface area contributed by atoms with E-state index in [2.05, 4.69) is 21.2 Å². The minimum atomic E-state index is -1.60. The first-order chi connectivity index (χ1) is 8.97. The van der Waals surface area contributed by atoms with E-state index >= 15 is 0 Å². The molecule has 98 valence electrons. The molecule has 0 saturated carbocycles. The summed E-state index contributed by atoms with van der Waals surface area (Å²) in [6, 6.07) is 7.96. The van der Waals surface area contributed by atoms with Gasteiger partial charge in [0.15, 0.2) is 17.5 Å². The standard InChI is InChI=1S/C13H7BrF3NO/c14-8-2-1-3-9(6-8)18-13(19)7-4-10(15)12(17)11(16)5-7/h1-6H,(H,18,19). The Balaban J connectivity index is 2.25. The topological polar surface area (TPSA) is 29.1 Å². The zero-order chi connectivity index (χ0) is 14.0. The van der Waals surface area contributed by atoms with Gasteiger partial charge < -0.3 is 5.32 Å². The van der Waals surface area contributed by atoms with E-state index in [1.165, 1.54) is 0 Å². The van der Waals surface area contributed by atoms with E-state index in [0.29, 0.717) is 17.8 Å². The molecule has 0 unspecified atom stereocenters. The highest BCUT2D eigenvalue weighted by atomic mass is 79.9. The summed E-state index contributed by atoms with van der Waals surface area (Å²) in [5, 5.41) is 2.45. The first-order valence-corrected chi connectivity index (χ1v) is 5.98. The minimum Gasteiger partial charge on any atom is -0.322 e. The van der Waals surface area contributed by atoms with Gasteiger partial charge in [0.05, 0.1) is 0 Å². The zero-order valence-electron chi connectivity index (χ0n) is 9.38. The van der Waals surface area contributed by atoms with Crippen molar-refractivity contribution in [1.29, 1.82) is 0 Å². The highest BCUT2D eigenvalue weighted by Gasteiger charge is 2.15. The third-order valence-electron chi connectivity index (χ3n) is 2.33. The monoisotopic (exact) mass is 329 g/mol. The molecule has 0 aliphatic rings. The molecule has 1 N–H and O–H groups in total. The molecular formula is C13H7BrF3NO. The predicted octanol–water partition coefficient (Wildman–Crippen LogP) is 4.12. The maximum atomic E-state index is 13.0. The first-order valence-electron chi connectivity index (χ1n) is 5.19. The average Bonchev–Trinajstić information content (AvgIpc) is 2.35. The number of carbonyl (C=O) groups is 1. The van der Waals surface area contributed by atoms with Crippen LogP contribution in [0.15, 0.2) is 40.9 Å². The van der Waals surface area contributed by atoms with Crippen molar-refractivity contribution in [2.45, 2.75) is 0 Å². The van der Waals surface area contributed by atoms with E-state index in [9.17, 15) is 18.0 Å². The molecule has 6 heteroatoms. The van der Waals surface area contributed by atoms with Crippen LogP contribution in [-0.4, -0.2) is 5.91 Å². The largest absolute Gasteiger partial charge is 0.322 e. The second-order valence-corrected chi connectivity index (χ2v) is 4.63. The second kappa shape index (κ2) is 5.44. The van der Waals surface area contributed by atoms with Crippen LogP contribution in [0.3, 0.4) is 0 Å². The van der Waals surface area contributed by atoms with E-state index in [-0.39, 0.29) is 5.56 Å². The van der Waals surface area contributed by atoms with Crippen LogP contribution in [0.1, 0.15) is 10.4 Å². The van der Waals surface area contributed by atoms with E-state index in [1.54, 1.807) is 24.3 Å². The van der Waals surface area contributed by atoms with Crippen LogP contribution in [-0.2, 0) is 0 Å². The van der Waals surface area contributed by atoms with Crippen LogP contribution in [0.25, 0.3) is 0 Å². The lowest BCUT2D eigenvalue weighted by Gasteiger charge is -2.06. The van der Waals surface area contributed by atoms with Crippen molar-refractivity contribution in [3.8, 4) is 0 Å². The van der Waals surface area contributed by atoms with E-state index in [4.69, 9.17) is 0 Å². The van der Waals surface area contributed by atoms with Gasteiger partial charge in [-0.3, -0.25) is 4.79 Å². The van der Waals surface area contributed by atoms with Gasteiger partial charge in [0.2, 0.25) is 0 Å². The number of hydrogen-bond donors (Lipinski definition) is 1. The third kappa shape index (κ3) is 3.14. The minimum absolute atomic E-state index is 0.295. The lowest BCUT2D eigenvalue weighted by atomic mass is 10.2. The van der Waals surface area contributed by atoms with Crippen molar-refractivity contribution in [1.82, 2.24) is 0 Å². The Bertz CT molecular complexity index is 623. The fourth-order valence-electron chi connectivity index (χ4n) is 1.46. The maximum Gasteiger partial charge on any atom is 0.255 e. The lowest BCUT2D eigenvalue weighted by Crippen LogP contribution is -2.13. The van der Waals surface area contributed by atoms with Gasteiger partial charge in [-0.15, -0.1) is 0 Å². The van der Waals surface area contributed by atoms with Gasteiger partial charge in [0.25, 0.3) is 5.91 Å². The van der Waals surface area contributed by atoms with Gasteiger partial charge in [-0.2, -0.15) is 0 Å². The number of hydrogen-bond acceptors (Lipinski definition) is 1. The molecule has 0 saturated heterocycles. The molecular weight excluding hydrogens is 323 g/mol. The number of amides is 1. The Morgan fingerprint density at radius 2 is 1.68 bits per heavy atom. The van der Waals surface area contributed by atoms with E-state index in [0.717, 1.165) is 4.47 Å². The average molecular weight is 330 g/mol. The van der Waals surface area contributed by atoms with Crippen molar-refractivity contribution in [3.63, 3.8) is 0 Å². The highest BCUT2D eigenvalue weighted by molar-refractivity contribution is 9.10. The van der Waals surface area contributed by atoms with Crippen LogP contribution in [0.5, 0.6) is 0 Å². The molecule has 2 rings (SSSR count). The Morgan fingerprint density at radius 1 is 1.05 bits per heavy atom. The van der Waals surface area contributed by atoms with Gasteiger partial charge >= 0.3 is 0 Å². The molecule has 0 aliphatic heterocycles. The number of nitrogens with one attached hydrogen (secondary N) is 1. The maximum absolute atomic E-state index is 13.0. The normalized spacial score (nSPS) is 10.3. The van der Waals surface area contributed by atoms with Gasteiger partial charge in [-0.1, -0.05) is 22.0 Å². The Hall–Kier alpha value is -1.82. The van der Waals surface area contributed by atoms with Crippen LogP contribution in [0.4, 0.5) is 18.9 Å². The molecule has 0 aromatic heterocycles. The molecule has 0 fully saturated rings. The summed E-state index contributed by atoms with van der Waals surface area (Å²) in [4.78, 5) is 11.8. The lowest BCUT2D eigenvalue weighted by molar-refractivity contribution is 0.102. The Morgan fingerprint density at radius 3 is 2.26 bits per heavy atom. The smallest absolute Gasteiger partial charge is 0.255 e. The van der Waals surface area contributed by atoms with Gasteiger partial charge in [0, 0.05) is 15.7 Å². The van der Waals surface area contributed by atoms with Crippen molar-refractivity contribution in [2.75, 3.05) is 5.32 Å². The Labute approximate surface area is 115 Å². The molecule has 0 heterocycles. The fourth-order valence-corrected chi connectivity index (χ4v) is 1.86. The zero-order valence-corrected chi connectivity index (χ0v) is 11.0. The van der Waals surface area contributed by atoms with Gasteiger partial charge in [-0.25, -0.2) is 13.2 Å². The summed E-state index contributed by atoms with van der Waals surface area (Å²) < 4.78 is 39.5. The summed E-state index contributed by atoms with van der Waals surface area (Å²) in [6.07, 6.45) is 0. The summed E-state index contributed by atoms with van der Waals surface area (Å²) in [5.74, 6) is -5.13. The molecule has 0 spiro atoms. The molecule has 0 atom stereocenters. The second-order valence-electron chi connectivity index (χ2n) is 3.72. The molecule has 2 aromatic carbocycles. The summed E-state index contributed by atoms with van der Waals surface area (Å²) in [5.41, 5.74) is 0.154. The molecule has 2 aromatic rings.